The number of rotatable bonds is 0. The van der Waals surface area contributed by atoms with Gasteiger partial charge in [0.1, 0.15) is 5.78 Å². The summed E-state index contributed by atoms with van der Waals surface area (Å²) in [6, 6.07) is 0. The first kappa shape index (κ1) is 8.49. The number of hydrogen-bond acceptors (Lipinski definition) is 1. The average Bonchev–Trinajstić information content (AvgIpc) is 2.00. The van der Waals surface area contributed by atoms with E-state index in [1.54, 1.807) is 0 Å². The van der Waals surface area contributed by atoms with Crippen LogP contribution in [-0.2, 0) is 4.79 Å². The minimum atomic E-state index is -0.235. The summed E-state index contributed by atoms with van der Waals surface area (Å²) in [5.74, 6) is 0.595. The molecule has 1 heteroatoms. The fourth-order valence-electron chi connectivity index (χ4n) is 1.99. The number of hydrogen-bond donors (Lipinski definition) is 0. The van der Waals surface area contributed by atoms with Crippen LogP contribution in [0.25, 0.3) is 0 Å². The summed E-state index contributed by atoms with van der Waals surface area (Å²) in [5.41, 5.74) is -0.235. The highest BCUT2D eigenvalue weighted by atomic mass is 16.1. The summed E-state index contributed by atoms with van der Waals surface area (Å²) < 4.78 is 0. The molecular formula is C12H14O. The second-order valence-corrected chi connectivity index (χ2v) is 4.29. The van der Waals surface area contributed by atoms with Crippen molar-refractivity contribution in [3.8, 4) is 0 Å². The fraction of sp³-hybridized carbons (Fsp3) is 0.417. The second-order valence-electron chi connectivity index (χ2n) is 4.29. The molecule has 3 aliphatic rings. The van der Waals surface area contributed by atoms with Crippen LogP contribution in [-0.4, -0.2) is 5.78 Å². The highest BCUT2D eigenvalue weighted by Crippen LogP contribution is 2.38. The van der Waals surface area contributed by atoms with E-state index in [1.807, 2.05) is 38.2 Å². The lowest BCUT2D eigenvalue weighted by Gasteiger charge is -2.35. The lowest BCUT2D eigenvalue weighted by Crippen LogP contribution is -2.38. The smallest absolute Gasteiger partial charge is 0.149 e. The van der Waals surface area contributed by atoms with E-state index in [4.69, 9.17) is 0 Å². The maximum atomic E-state index is 11.9. The van der Waals surface area contributed by atoms with E-state index in [0.29, 0.717) is 5.78 Å². The number of fused-ring (bicyclic) bond motifs is 2. The van der Waals surface area contributed by atoms with Gasteiger partial charge in [-0.25, -0.2) is 0 Å². The molecule has 0 aromatic heterocycles. The normalized spacial score (nSPS) is 39.7. The molecule has 0 heterocycles. The highest BCUT2D eigenvalue weighted by Gasteiger charge is 2.39. The molecule has 0 aromatic rings. The summed E-state index contributed by atoms with van der Waals surface area (Å²) in [5, 5.41) is 0. The van der Waals surface area contributed by atoms with Crippen LogP contribution in [0.2, 0.25) is 0 Å². The molecule has 3 aliphatic carbocycles. The monoisotopic (exact) mass is 174 g/mol. The molecule has 2 bridgehead atoms. The quantitative estimate of drug-likeness (QED) is 0.516. The first-order valence-electron chi connectivity index (χ1n) is 4.70. The van der Waals surface area contributed by atoms with Crippen LogP contribution in [0.5, 0.6) is 0 Å². The molecule has 68 valence electrons. The predicted octanol–water partition coefficient (Wildman–Crippen LogP) is 2.51. The van der Waals surface area contributed by atoms with Crippen molar-refractivity contribution >= 4 is 5.78 Å². The summed E-state index contributed by atoms with van der Waals surface area (Å²) in [7, 11) is 0. The van der Waals surface area contributed by atoms with E-state index in [2.05, 4.69) is 12.2 Å². The Morgan fingerprint density at radius 1 is 1.08 bits per heavy atom. The number of allylic oxidation sites excluding steroid dienone is 6. The van der Waals surface area contributed by atoms with Gasteiger partial charge in [-0.3, -0.25) is 4.79 Å². The molecule has 1 nitrogen and oxygen atoms in total. The molecule has 0 fully saturated rings. The van der Waals surface area contributed by atoms with Crippen LogP contribution in [0.1, 0.15) is 13.8 Å². The molecule has 3 rings (SSSR count). The van der Waals surface area contributed by atoms with Crippen molar-refractivity contribution in [3.05, 3.63) is 36.5 Å². The molecular weight excluding hydrogens is 160 g/mol. The number of carbonyl (C=O) groups excluding carboxylic acids is 1. The maximum absolute atomic E-state index is 11.9. The third-order valence-corrected chi connectivity index (χ3v) is 3.04. The van der Waals surface area contributed by atoms with E-state index < -0.39 is 0 Å². The van der Waals surface area contributed by atoms with E-state index in [1.165, 1.54) is 0 Å². The van der Waals surface area contributed by atoms with Gasteiger partial charge in [-0.2, -0.15) is 0 Å². The molecule has 0 saturated heterocycles. The Morgan fingerprint density at radius 3 is 2.54 bits per heavy atom. The van der Waals surface area contributed by atoms with Gasteiger partial charge >= 0.3 is 0 Å². The zero-order chi connectivity index (χ0) is 9.47. The zero-order valence-electron chi connectivity index (χ0n) is 8.03. The molecule has 2 atom stereocenters. The first-order valence-corrected chi connectivity index (χ1v) is 4.70. The topological polar surface area (TPSA) is 17.1 Å². The van der Waals surface area contributed by atoms with Gasteiger partial charge in [-0.05, 0) is 0 Å². The van der Waals surface area contributed by atoms with E-state index >= 15 is 0 Å². The molecule has 13 heavy (non-hydrogen) atoms. The molecule has 0 aromatic carbocycles. The fourth-order valence-corrected chi connectivity index (χ4v) is 1.99. The Morgan fingerprint density at radius 2 is 1.77 bits per heavy atom. The van der Waals surface area contributed by atoms with Gasteiger partial charge in [0.05, 0.1) is 5.92 Å². The average molecular weight is 174 g/mol. The molecule has 0 amide bonds. The van der Waals surface area contributed by atoms with Gasteiger partial charge in [0.25, 0.3) is 0 Å². The Bertz CT molecular complexity index is 318. The Hall–Kier alpha value is -1.11. The molecule has 0 spiro atoms. The van der Waals surface area contributed by atoms with E-state index in [0.717, 1.165) is 0 Å². The summed E-state index contributed by atoms with van der Waals surface area (Å²) in [6.07, 6.45) is 12.2. The summed E-state index contributed by atoms with van der Waals surface area (Å²) in [6.45, 7) is 4.06. The Kier molecular flexibility index (Phi) is 1.76. The minimum absolute atomic E-state index is 0.00352. The van der Waals surface area contributed by atoms with Crippen molar-refractivity contribution in [2.24, 2.45) is 17.3 Å². The summed E-state index contributed by atoms with van der Waals surface area (Å²) >= 11 is 0. The zero-order valence-corrected chi connectivity index (χ0v) is 8.03. The van der Waals surface area contributed by atoms with Gasteiger partial charge in [0.2, 0.25) is 0 Å². The van der Waals surface area contributed by atoms with Crippen molar-refractivity contribution in [1.29, 1.82) is 0 Å². The molecule has 2 unspecified atom stereocenters. The summed E-state index contributed by atoms with van der Waals surface area (Å²) in [4.78, 5) is 11.9. The van der Waals surface area contributed by atoms with Crippen molar-refractivity contribution in [3.63, 3.8) is 0 Å². The standard InChI is InChI=1S/C12H14O/c1-12(2)10-6-4-3-5-9(7-8-10)11(12)13/h3-10H,1-2H3/b5-3-,6-4-. The van der Waals surface area contributed by atoms with Gasteiger partial charge in [-0.15, -0.1) is 0 Å². The molecule has 0 saturated carbocycles. The van der Waals surface area contributed by atoms with Crippen molar-refractivity contribution in [2.75, 3.05) is 0 Å². The van der Waals surface area contributed by atoms with E-state index in [9.17, 15) is 4.79 Å². The van der Waals surface area contributed by atoms with Crippen LogP contribution in [0.3, 0.4) is 0 Å². The minimum Gasteiger partial charge on any atom is -0.298 e. The Labute approximate surface area is 78.8 Å². The highest BCUT2D eigenvalue weighted by molar-refractivity contribution is 5.91. The van der Waals surface area contributed by atoms with Crippen LogP contribution >= 0.6 is 0 Å². The largest absolute Gasteiger partial charge is 0.298 e. The molecule has 0 N–H and O–H groups in total. The van der Waals surface area contributed by atoms with Crippen molar-refractivity contribution in [1.82, 2.24) is 0 Å². The third-order valence-electron chi connectivity index (χ3n) is 3.04. The number of carbonyl (C=O) groups is 1. The SMILES string of the molecule is CC1(C)C(=O)C2C=CC1/C=C\C=C/2. The lowest BCUT2D eigenvalue weighted by molar-refractivity contribution is -0.130. The molecule has 0 radical (unpaired) electrons. The Balaban J connectivity index is 2.51. The van der Waals surface area contributed by atoms with E-state index in [-0.39, 0.29) is 17.3 Å². The van der Waals surface area contributed by atoms with Gasteiger partial charge in [-0.1, -0.05) is 50.3 Å². The maximum Gasteiger partial charge on any atom is 0.149 e. The van der Waals surface area contributed by atoms with Gasteiger partial charge < -0.3 is 0 Å². The van der Waals surface area contributed by atoms with Gasteiger partial charge in [0.15, 0.2) is 0 Å². The van der Waals surface area contributed by atoms with Crippen LogP contribution in [0.4, 0.5) is 0 Å². The number of Topliss-reactive ketones (excluding diaryl/α,β-unsaturated/α-hetero) is 1. The van der Waals surface area contributed by atoms with Gasteiger partial charge in [0, 0.05) is 11.3 Å². The van der Waals surface area contributed by atoms with Crippen LogP contribution in [0, 0.1) is 17.3 Å². The third kappa shape index (κ3) is 1.19. The number of ketones is 1. The molecule has 0 aliphatic heterocycles. The first-order chi connectivity index (χ1) is 6.12. The lowest BCUT2D eigenvalue weighted by atomic mass is 9.67. The van der Waals surface area contributed by atoms with Crippen LogP contribution < -0.4 is 0 Å². The second kappa shape index (κ2) is 2.69. The van der Waals surface area contributed by atoms with Crippen molar-refractivity contribution in [2.45, 2.75) is 13.8 Å². The van der Waals surface area contributed by atoms with Crippen LogP contribution in [0.15, 0.2) is 36.5 Å². The van der Waals surface area contributed by atoms with Crippen molar-refractivity contribution < 1.29 is 4.79 Å². The predicted molar refractivity (Wildman–Crippen MR) is 53.2 cm³/mol.